The van der Waals surface area contributed by atoms with Crippen molar-refractivity contribution in [3.63, 3.8) is 0 Å². The van der Waals surface area contributed by atoms with Gasteiger partial charge in [0.1, 0.15) is 0 Å². The molecule has 0 radical (unpaired) electrons. The van der Waals surface area contributed by atoms with E-state index in [1.165, 1.54) is 0 Å². The molecule has 0 amide bonds. The number of carbonyl (C=O) groups excluding carboxylic acids is 1. The largest absolute Gasteiger partial charge is 0.427 e. The van der Waals surface area contributed by atoms with Gasteiger partial charge in [0.2, 0.25) is 0 Å². The second-order valence-corrected chi connectivity index (χ2v) is 3.68. The average Bonchev–Trinajstić information content (AvgIpc) is 1.87. The number of esters is 1. The van der Waals surface area contributed by atoms with E-state index < -0.39 is 10.5 Å². The van der Waals surface area contributed by atoms with Gasteiger partial charge in [-0.05, 0) is 6.42 Å². The van der Waals surface area contributed by atoms with Crippen LogP contribution in [0.3, 0.4) is 0 Å². The summed E-state index contributed by atoms with van der Waals surface area (Å²) in [5.74, 6) is -0.566. The lowest BCUT2D eigenvalue weighted by Crippen LogP contribution is -2.23. The van der Waals surface area contributed by atoms with E-state index in [9.17, 15) is 4.79 Å². The van der Waals surface area contributed by atoms with Crippen molar-refractivity contribution in [2.45, 2.75) is 24.3 Å². The fourth-order valence-corrected chi connectivity index (χ4v) is 0.676. The molecule has 11 heavy (non-hydrogen) atoms. The molecular formula is C6H9Cl3O2. The molecule has 0 fully saturated rings. The standard InChI is InChI=1S/C6H9Cl3O2/c1-2-3-5(10)11-6(8,9)4-7/h2-4H2,1H3. The third-order valence-corrected chi connectivity index (χ3v) is 1.94. The van der Waals surface area contributed by atoms with Crippen LogP contribution in [0.15, 0.2) is 0 Å². The summed E-state index contributed by atoms with van der Waals surface area (Å²) in [7, 11) is 0. The Labute approximate surface area is 80.7 Å². The summed E-state index contributed by atoms with van der Waals surface area (Å²) in [6.07, 6.45) is 1.00. The highest BCUT2D eigenvalue weighted by atomic mass is 35.5. The topological polar surface area (TPSA) is 26.3 Å². The molecule has 0 N–H and O–H groups in total. The molecule has 66 valence electrons. The number of hydrogen-bond donors (Lipinski definition) is 0. The van der Waals surface area contributed by atoms with Crippen molar-refractivity contribution in [1.82, 2.24) is 0 Å². The van der Waals surface area contributed by atoms with Crippen molar-refractivity contribution >= 4 is 40.8 Å². The van der Waals surface area contributed by atoms with Crippen molar-refractivity contribution in [1.29, 1.82) is 0 Å². The Morgan fingerprint density at radius 1 is 1.55 bits per heavy atom. The minimum absolute atomic E-state index is 0.133. The molecule has 0 saturated carbocycles. The molecule has 0 aromatic heterocycles. The molecule has 0 aliphatic rings. The predicted octanol–water partition coefficient (Wildman–Crippen LogP) is 2.70. The van der Waals surface area contributed by atoms with Crippen LogP contribution in [0.1, 0.15) is 19.8 Å². The molecule has 0 spiro atoms. The van der Waals surface area contributed by atoms with E-state index in [1.807, 2.05) is 6.92 Å². The zero-order chi connectivity index (χ0) is 8.91. The van der Waals surface area contributed by atoms with Gasteiger partial charge in [0.05, 0.1) is 5.88 Å². The summed E-state index contributed by atoms with van der Waals surface area (Å²) in [6, 6.07) is 0. The smallest absolute Gasteiger partial charge is 0.308 e. The van der Waals surface area contributed by atoms with Crippen LogP contribution in [0.2, 0.25) is 0 Å². The molecule has 0 rings (SSSR count). The van der Waals surface area contributed by atoms with E-state index in [0.29, 0.717) is 12.8 Å². The normalized spacial score (nSPS) is 11.3. The highest BCUT2D eigenvalue weighted by Gasteiger charge is 2.26. The Bertz CT molecular complexity index is 136. The van der Waals surface area contributed by atoms with Gasteiger partial charge in [0.25, 0.3) is 4.52 Å². The molecule has 5 heteroatoms. The molecule has 0 unspecified atom stereocenters. The summed E-state index contributed by atoms with van der Waals surface area (Å²) in [4.78, 5) is 10.8. The van der Waals surface area contributed by atoms with Gasteiger partial charge < -0.3 is 4.74 Å². The first kappa shape index (κ1) is 11.3. The van der Waals surface area contributed by atoms with Crippen LogP contribution in [-0.4, -0.2) is 16.4 Å². The molecule has 0 aromatic rings. The average molecular weight is 219 g/mol. The number of carbonyl (C=O) groups is 1. The van der Waals surface area contributed by atoms with Crippen LogP contribution >= 0.6 is 34.8 Å². The minimum atomic E-state index is -1.58. The van der Waals surface area contributed by atoms with Crippen molar-refractivity contribution < 1.29 is 9.53 Å². The van der Waals surface area contributed by atoms with Crippen molar-refractivity contribution in [2.75, 3.05) is 5.88 Å². The lowest BCUT2D eigenvalue weighted by molar-refractivity contribution is -0.146. The SMILES string of the molecule is CCCC(=O)OC(Cl)(Cl)CCl. The Balaban J connectivity index is 3.74. The monoisotopic (exact) mass is 218 g/mol. The van der Waals surface area contributed by atoms with Crippen LogP contribution < -0.4 is 0 Å². The maximum atomic E-state index is 10.8. The van der Waals surface area contributed by atoms with Crippen molar-refractivity contribution in [2.24, 2.45) is 0 Å². The van der Waals surface area contributed by atoms with Crippen molar-refractivity contribution in [3.8, 4) is 0 Å². The number of rotatable bonds is 4. The van der Waals surface area contributed by atoms with Crippen LogP contribution in [-0.2, 0) is 9.53 Å². The zero-order valence-electron chi connectivity index (χ0n) is 6.07. The second kappa shape index (κ2) is 5.07. The highest BCUT2D eigenvalue weighted by molar-refractivity contribution is 6.50. The fraction of sp³-hybridized carbons (Fsp3) is 0.833. The number of alkyl halides is 3. The molecule has 0 heterocycles. The first-order valence-electron chi connectivity index (χ1n) is 3.17. The van der Waals surface area contributed by atoms with Gasteiger partial charge >= 0.3 is 5.97 Å². The summed E-state index contributed by atoms with van der Waals surface area (Å²) >= 11 is 16.2. The lowest BCUT2D eigenvalue weighted by atomic mass is 10.3. The lowest BCUT2D eigenvalue weighted by Gasteiger charge is -2.16. The van der Waals surface area contributed by atoms with E-state index >= 15 is 0 Å². The van der Waals surface area contributed by atoms with E-state index in [0.717, 1.165) is 0 Å². The quantitative estimate of drug-likeness (QED) is 0.537. The van der Waals surface area contributed by atoms with Gasteiger partial charge in [-0.25, -0.2) is 0 Å². The fourth-order valence-electron chi connectivity index (χ4n) is 0.449. The summed E-state index contributed by atoms with van der Waals surface area (Å²) < 4.78 is 3.01. The maximum Gasteiger partial charge on any atom is 0.308 e. The number of ether oxygens (including phenoxy) is 1. The summed E-state index contributed by atoms with van der Waals surface area (Å²) in [6.45, 7) is 1.85. The molecule has 0 aliphatic heterocycles. The third kappa shape index (κ3) is 5.59. The summed E-state index contributed by atoms with van der Waals surface area (Å²) in [5, 5.41) is 0. The van der Waals surface area contributed by atoms with Gasteiger partial charge in [-0.1, -0.05) is 30.1 Å². The van der Waals surface area contributed by atoms with Gasteiger partial charge in [-0.2, -0.15) is 0 Å². The third-order valence-electron chi connectivity index (χ3n) is 0.873. The zero-order valence-corrected chi connectivity index (χ0v) is 8.34. The Morgan fingerprint density at radius 2 is 2.09 bits per heavy atom. The molecule has 2 nitrogen and oxygen atoms in total. The molecule has 0 bridgehead atoms. The van der Waals surface area contributed by atoms with Crippen LogP contribution in [0.25, 0.3) is 0 Å². The Morgan fingerprint density at radius 3 is 2.45 bits per heavy atom. The van der Waals surface area contributed by atoms with Crippen LogP contribution in [0.4, 0.5) is 0 Å². The molecule has 0 atom stereocenters. The first-order valence-corrected chi connectivity index (χ1v) is 4.46. The number of halogens is 3. The first-order chi connectivity index (χ1) is 5.02. The molecule has 0 aromatic carbocycles. The van der Waals surface area contributed by atoms with E-state index in [2.05, 4.69) is 4.74 Å². The maximum absolute atomic E-state index is 10.8. The molecule has 0 saturated heterocycles. The van der Waals surface area contributed by atoms with Crippen LogP contribution in [0.5, 0.6) is 0 Å². The second-order valence-electron chi connectivity index (χ2n) is 2.00. The van der Waals surface area contributed by atoms with E-state index in [-0.39, 0.29) is 5.88 Å². The summed E-state index contributed by atoms with van der Waals surface area (Å²) in [5.41, 5.74) is 0. The van der Waals surface area contributed by atoms with Gasteiger partial charge in [-0.15, -0.1) is 11.6 Å². The molecular weight excluding hydrogens is 210 g/mol. The van der Waals surface area contributed by atoms with Gasteiger partial charge in [-0.3, -0.25) is 4.79 Å². The van der Waals surface area contributed by atoms with Gasteiger partial charge in [0, 0.05) is 6.42 Å². The minimum Gasteiger partial charge on any atom is -0.427 e. The Hall–Kier alpha value is 0.340. The highest BCUT2D eigenvalue weighted by Crippen LogP contribution is 2.24. The van der Waals surface area contributed by atoms with E-state index in [4.69, 9.17) is 34.8 Å². The predicted molar refractivity (Wildman–Crippen MR) is 46.2 cm³/mol. The van der Waals surface area contributed by atoms with Crippen molar-refractivity contribution in [3.05, 3.63) is 0 Å². The van der Waals surface area contributed by atoms with Crippen LogP contribution in [0, 0.1) is 0 Å². The van der Waals surface area contributed by atoms with E-state index in [1.54, 1.807) is 0 Å². The van der Waals surface area contributed by atoms with Gasteiger partial charge in [0.15, 0.2) is 0 Å². The molecule has 0 aliphatic carbocycles. The Kier molecular flexibility index (Phi) is 5.23. The number of hydrogen-bond acceptors (Lipinski definition) is 2.